The van der Waals surface area contributed by atoms with Crippen LogP contribution in [-0.4, -0.2) is 13.4 Å². The topological polar surface area (TPSA) is 116 Å². The van der Waals surface area contributed by atoms with Gasteiger partial charge in [0.25, 0.3) is 10.0 Å². The number of benzene rings is 2. The molecule has 3 aromatic rings. The predicted octanol–water partition coefficient (Wildman–Crippen LogP) is 4.35. The summed E-state index contributed by atoms with van der Waals surface area (Å²) in [5.74, 6) is -2.12. The maximum absolute atomic E-state index is 14.1. The molecule has 1 N–H and O–H groups in total. The largest absolute Gasteiger partial charge is 0.453 e. The van der Waals surface area contributed by atoms with E-state index >= 15 is 0 Å². The van der Waals surface area contributed by atoms with Gasteiger partial charge in [0.05, 0.1) is 27.2 Å². The Hall–Kier alpha value is -3.73. The Morgan fingerprint density at radius 3 is 2.37 bits per heavy atom. The van der Waals surface area contributed by atoms with E-state index in [9.17, 15) is 22.5 Å². The van der Waals surface area contributed by atoms with Crippen LogP contribution in [0.15, 0.2) is 53.6 Å². The average molecular weight is 447 g/mol. The molecule has 0 aliphatic rings. The third-order valence-electron chi connectivity index (χ3n) is 3.71. The Bertz CT molecular complexity index is 1320. The zero-order chi connectivity index (χ0) is 21.9. The van der Waals surface area contributed by atoms with Crippen LogP contribution in [0, 0.1) is 34.3 Å². The van der Waals surface area contributed by atoms with E-state index in [2.05, 4.69) is 9.71 Å². The lowest BCUT2D eigenvalue weighted by Crippen LogP contribution is -2.14. The summed E-state index contributed by atoms with van der Waals surface area (Å²) in [5, 5.41) is 18.2. The Kier molecular flexibility index (Phi) is 5.83. The van der Waals surface area contributed by atoms with Crippen LogP contribution in [-0.2, 0) is 10.0 Å². The van der Waals surface area contributed by atoms with Crippen LogP contribution >= 0.6 is 11.6 Å². The van der Waals surface area contributed by atoms with E-state index in [0.717, 1.165) is 48.7 Å². The minimum Gasteiger partial charge on any atom is -0.453 e. The summed E-state index contributed by atoms with van der Waals surface area (Å²) in [4.78, 5) is 3.31. The summed E-state index contributed by atoms with van der Waals surface area (Å²) in [5.41, 5.74) is -0.297. The zero-order valence-electron chi connectivity index (χ0n) is 14.7. The molecular weight excluding hydrogens is 438 g/mol. The highest BCUT2D eigenvalue weighted by Crippen LogP contribution is 2.32. The fraction of sp³-hybridized carbons (Fsp3) is 0. The van der Waals surface area contributed by atoms with Crippen LogP contribution in [0.2, 0.25) is 5.02 Å². The second-order valence-corrected chi connectivity index (χ2v) is 7.80. The van der Waals surface area contributed by atoms with Crippen LogP contribution in [0.4, 0.5) is 14.6 Å². The van der Waals surface area contributed by atoms with Gasteiger partial charge in [-0.25, -0.2) is 22.2 Å². The first-order valence-electron chi connectivity index (χ1n) is 7.99. The first kappa shape index (κ1) is 21.0. The van der Waals surface area contributed by atoms with Gasteiger partial charge in [0.15, 0.2) is 11.6 Å². The summed E-state index contributed by atoms with van der Waals surface area (Å²) in [6, 6.07) is 10.9. The molecule has 0 bridgehead atoms. The molecule has 3 rings (SSSR count). The average Bonchev–Trinajstić information content (AvgIpc) is 2.72. The first-order chi connectivity index (χ1) is 14.2. The molecule has 1 heterocycles. The molecule has 150 valence electrons. The predicted molar refractivity (Wildman–Crippen MR) is 102 cm³/mol. The first-order valence-corrected chi connectivity index (χ1v) is 9.85. The van der Waals surface area contributed by atoms with Gasteiger partial charge in [-0.15, -0.1) is 0 Å². The number of hydrogen-bond acceptors (Lipinski definition) is 6. The van der Waals surface area contributed by atoms with Crippen molar-refractivity contribution in [3.8, 4) is 23.6 Å². The van der Waals surface area contributed by atoms with Crippen LogP contribution in [0.5, 0.6) is 11.5 Å². The van der Waals surface area contributed by atoms with Crippen molar-refractivity contribution in [2.24, 2.45) is 0 Å². The monoisotopic (exact) mass is 446 g/mol. The maximum Gasteiger partial charge on any atom is 0.263 e. The number of rotatable bonds is 5. The zero-order valence-corrected chi connectivity index (χ0v) is 16.3. The Morgan fingerprint density at radius 2 is 1.73 bits per heavy atom. The molecule has 0 radical (unpaired) electrons. The Labute approximate surface area is 174 Å². The number of nitrogens with one attached hydrogen (secondary N) is 1. The lowest BCUT2D eigenvalue weighted by atomic mass is 10.2. The SMILES string of the molecule is N#Cc1cc(F)c(Oc2ccc(S(=O)(=O)Nc3ccc(F)cn3)cc2C#N)cc1Cl. The van der Waals surface area contributed by atoms with Gasteiger partial charge in [0.2, 0.25) is 0 Å². The summed E-state index contributed by atoms with van der Waals surface area (Å²) in [7, 11) is -4.15. The molecule has 11 heteroatoms. The molecule has 0 fully saturated rings. The van der Waals surface area contributed by atoms with Gasteiger partial charge in [-0.3, -0.25) is 4.72 Å². The number of sulfonamides is 1. The van der Waals surface area contributed by atoms with Gasteiger partial charge in [-0.05, 0) is 36.4 Å². The lowest BCUT2D eigenvalue weighted by Gasteiger charge is -2.12. The van der Waals surface area contributed by atoms with Gasteiger partial charge >= 0.3 is 0 Å². The fourth-order valence-corrected chi connectivity index (χ4v) is 3.53. The van der Waals surface area contributed by atoms with Crippen molar-refractivity contribution >= 4 is 27.4 Å². The quantitative estimate of drug-likeness (QED) is 0.622. The molecule has 0 saturated carbocycles. The second-order valence-electron chi connectivity index (χ2n) is 5.71. The van der Waals surface area contributed by atoms with E-state index in [0.29, 0.717) is 0 Å². The van der Waals surface area contributed by atoms with E-state index in [1.807, 2.05) is 0 Å². The van der Waals surface area contributed by atoms with Gasteiger partial charge < -0.3 is 4.74 Å². The summed E-state index contributed by atoms with van der Waals surface area (Å²) < 4.78 is 59.5. The van der Waals surface area contributed by atoms with Gasteiger partial charge in [0, 0.05) is 6.07 Å². The number of nitriles is 2. The number of anilines is 1. The third kappa shape index (κ3) is 4.46. The lowest BCUT2D eigenvalue weighted by molar-refractivity contribution is 0.440. The molecule has 0 aliphatic carbocycles. The molecule has 0 saturated heterocycles. The number of hydrogen-bond donors (Lipinski definition) is 1. The van der Waals surface area contributed by atoms with Crippen LogP contribution < -0.4 is 9.46 Å². The molecule has 2 aromatic carbocycles. The van der Waals surface area contributed by atoms with Crippen molar-refractivity contribution in [3.05, 3.63) is 76.4 Å². The van der Waals surface area contributed by atoms with Crippen LogP contribution in [0.1, 0.15) is 11.1 Å². The molecule has 7 nitrogen and oxygen atoms in total. The molecule has 0 atom stereocenters. The molecule has 0 amide bonds. The second kappa shape index (κ2) is 8.33. The third-order valence-corrected chi connectivity index (χ3v) is 5.38. The summed E-state index contributed by atoms with van der Waals surface area (Å²) >= 11 is 5.86. The van der Waals surface area contributed by atoms with Crippen molar-refractivity contribution < 1.29 is 21.9 Å². The highest BCUT2D eigenvalue weighted by molar-refractivity contribution is 7.92. The molecule has 1 aromatic heterocycles. The minimum atomic E-state index is -4.15. The number of aromatic nitrogens is 1. The van der Waals surface area contributed by atoms with E-state index < -0.39 is 21.7 Å². The standard InChI is InChI=1S/C19H9ClF2N4O3S/c20-15-7-18(16(22)6-11(15)8-23)29-17-3-2-14(5-12(17)9-24)30(27,28)26-19-4-1-13(21)10-25-19/h1-7,10H,(H,25,26). The number of halogens is 3. The van der Waals surface area contributed by atoms with Crippen molar-refractivity contribution in [1.29, 1.82) is 10.5 Å². The molecule has 0 spiro atoms. The maximum atomic E-state index is 14.1. The highest BCUT2D eigenvalue weighted by Gasteiger charge is 2.19. The molecular formula is C19H9ClF2N4O3S. The smallest absolute Gasteiger partial charge is 0.263 e. The van der Waals surface area contributed by atoms with Crippen LogP contribution in [0.3, 0.4) is 0 Å². The van der Waals surface area contributed by atoms with E-state index in [4.69, 9.17) is 21.6 Å². The highest BCUT2D eigenvalue weighted by atomic mass is 35.5. The normalized spacial score (nSPS) is 10.7. The molecule has 30 heavy (non-hydrogen) atoms. The Morgan fingerprint density at radius 1 is 1.00 bits per heavy atom. The van der Waals surface area contributed by atoms with Crippen molar-refractivity contribution in [1.82, 2.24) is 4.98 Å². The number of nitrogens with zero attached hydrogens (tertiary/aromatic N) is 3. The van der Waals surface area contributed by atoms with E-state index in [-0.39, 0.29) is 38.4 Å². The minimum absolute atomic E-state index is 0.0531. The number of pyridine rings is 1. The van der Waals surface area contributed by atoms with Crippen molar-refractivity contribution in [2.45, 2.75) is 4.90 Å². The van der Waals surface area contributed by atoms with E-state index in [1.165, 1.54) is 0 Å². The van der Waals surface area contributed by atoms with Crippen LogP contribution in [0.25, 0.3) is 0 Å². The molecule has 0 aliphatic heterocycles. The van der Waals surface area contributed by atoms with E-state index in [1.54, 1.807) is 12.1 Å². The number of ether oxygens (including phenoxy) is 1. The summed E-state index contributed by atoms with van der Waals surface area (Å²) in [6.07, 6.45) is 0.840. The Balaban J connectivity index is 1.92. The van der Waals surface area contributed by atoms with Gasteiger partial charge in [-0.1, -0.05) is 11.6 Å². The molecule has 0 unspecified atom stereocenters. The van der Waals surface area contributed by atoms with Gasteiger partial charge in [-0.2, -0.15) is 10.5 Å². The fourth-order valence-electron chi connectivity index (χ4n) is 2.30. The van der Waals surface area contributed by atoms with Gasteiger partial charge in [0.1, 0.15) is 29.5 Å². The summed E-state index contributed by atoms with van der Waals surface area (Å²) in [6.45, 7) is 0. The van der Waals surface area contributed by atoms with Crippen molar-refractivity contribution in [2.75, 3.05) is 4.72 Å². The van der Waals surface area contributed by atoms with Crippen molar-refractivity contribution in [3.63, 3.8) is 0 Å².